The SMILES string of the molecule is CCCNC(Cc1csc(C)n1)C1CCC(CCC)CC1. The van der Waals surface area contributed by atoms with Gasteiger partial charge in [0.05, 0.1) is 10.7 Å². The summed E-state index contributed by atoms with van der Waals surface area (Å²) in [6.45, 7) is 7.83. The smallest absolute Gasteiger partial charge is 0.0897 e. The maximum atomic E-state index is 4.68. The molecule has 1 aromatic heterocycles. The van der Waals surface area contributed by atoms with Crippen molar-refractivity contribution in [2.45, 2.75) is 78.2 Å². The molecule has 0 aliphatic heterocycles. The van der Waals surface area contributed by atoms with E-state index in [4.69, 9.17) is 0 Å². The van der Waals surface area contributed by atoms with Crippen LogP contribution in [0.5, 0.6) is 0 Å². The molecule has 1 aromatic rings. The molecule has 2 rings (SSSR count). The fraction of sp³-hybridized carbons (Fsp3) is 0.833. The van der Waals surface area contributed by atoms with Crippen LogP contribution in [-0.4, -0.2) is 17.6 Å². The molecule has 1 heterocycles. The van der Waals surface area contributed by atoms with E-state index in [1.807, 2.05) is 0 Å². The average molecular weight is 309 g/mol. The minimum atomic E-state index is 0.633. The van der Waals surface area contributed by atoms with Crippen molar-refractivity contribution in [3.63, 3.8) is 0 Å². The largest absolute Gasteiger partial charge is 0.313 e. The van der Waals surface area contributed by atoms with Crippen LogP contribution in [0.15, 0.2) is 5.38 Å². The number of thiazole rings is 1. The van der Waals surface area contributed by atoms with Gasteiger partial charge >= 0.3 is 0 Å². The van der Waals surface area contributed by atoms with Gasteiger partial charge in [-0.2, -0.15) is 0 Å². The Kier molecular flexibility index (Phi) is 7.18. The second kappa shape index (κ2) is 8.89. The molecule has 1 unspecified atom stereocenters. The molecular formula is C18H32N2S. The minimum absolute atomic E-state index is 0.633. The van der Waals surface area contributed by atoms with Crippen molar-refractivity contribution >= 4 is 11.3 Å². The van der Waals surface area contributed by atoms with Crippen LogP contribution < -0.4 is 5.32 Å². The zero-order valence-corrected chi connectivity index (χ0v) is 14.8. The third kappa shape index (κ3) is 5.37. The van der Waals surface area contributed by atoms with Crippen LogP contribution in [-0.2, 0) is 6.42 Å². The Morgan fingerprint density at radius 2 is 2.00 bits per heavy atom. The molecule has 0 spiro atoms. The molecule has 0 radical (unpaired) electrons. The summed E-state index contributed by atoms with van der Waals surface area (Å²) in [5.41, 5.74) is 1.29. The zero-order chi connectivity index (χ0) is 15.1. The van der Waals surface area contributed by atoms with Crippen LogP contribution in [0.1, 0.15) is 69.5 Å². The van der Waals surface area contributed by atoms with E-state index in [2.05, 4.69) is 36.5 Å². The monoisotopic (exact) mass is 308 g/mol. The number of aryl methyl sites for hydroxylation is 1. The molecule has 1 atom stereocenters. The van der Waals surface area contributed by atoms with Crippen molar-refractivity contribution in [3.05, 3.63) is 16.1 Å². The normalized spacial score (nSPS) is 24.1. The van der Waals surface area contributed by atoms with Gasteiger partial charge in [-0.1, -0.05) is 39.5 Å². The lowest BCUT2D eigenvalue weighted by Gasteiger charge is -2.34. The summed E-state index contributed by atoms with van der Waals surface area (Å²) in [5.74, 6) is 1.85. The molecule has 3 heteroatoms. The third-order valence-electron chi connectivity index (χ3n) is 4.91. The molecule has 1 N–H and O–H groups in total. The molecule has 0 aromatic carbocycles. The topological polar surface area (TPSA) is 24.9 Å². The first-order valence-electron chi connectivity index (χ1n) is 8.87. The molecule has 0 saturated heterocycles. The van der Waals surface area contributed by atoms with Gasteiger partial charge in [-0.15, -0.1) is 11.3 Å². The first-order chi connectivity index (χ1) is 10.2. The van der Waals surface area contributed by atoms with Gasteiger partial charge in [0.25, 0.3) is 0 Å². The van der Waals surface area contributed by atoms with Crippen LogP contribution in [0.2, 0.25) is 0 Å². The van der Waals surface area contributed by atoms with E-state index in [0.717, 1.165) is 24.8 Å². The Labute approximate surface area is 134 Å². The van der Waals surface area contributed by atoms with Crippen molar-refractivity contribution in [1.82, 2.24) is 10.3 Å². The van der Waals surface area contributed by atoms with Crippen LogP contribution >= 0.6 is 11.3 Å². The van der Waals surface area contributed by atoms with Crippen molar-refractivity contribution in [2.24, 2.45) is 11.8 Å². The van der Waals surface area contributed by atoms with E-state index in [0.29, 0.717) is 6.04 Å². The summed E-state index contributed by atoms with van der Waals surface area (Å²) in [6.07, 6.45) is 10.8. The van der Waals surface area contributed by atoms with Gasteiger partial charge < -0.3 is 5.32 Å². The minimum Gasteiger partial charge on any atom is -0.313 e. The molecule has 1 aliphatic rings. The zero-order valence-electron chi connectivity index (χ0n) is 14.0. The molecule has 1 aliphatic carbocycles. The van der Waals surface area contributed by atoms with Crippen LogP contribution in [0.4, 0.5) is 0 Å². The number of aromatic nitrogens is 1. The molecule has 1 saturated carbocycles. The second-order valence-corrected chi connectivity index (χ2v) is 7.75. The molecule has 2 nitrogen and oxygen atoms in total. The summed E-state index contributed by atoms with van der Waals surface area (Å²) in [5, 5.41) is 7.26. The summed E-state index contributed by atoms with van der Waals surface area (Å²) >= 11 is 1.78. The maximum Gasteiger partial charge on any atom is 0.0897 e. The fourth-order valence-electron chi connectivity index (χ4n) is 3.75. The highest BCUT2D eigenvalue weighted by atomic mass is 32.1. The highest BCUT2D eigenvalue weighted by molar-refractivity contribution is 7.09. The van der Waals surface area contributed by atoms with Gasteiger partial charge in [0.15, 0.2) is 0 Å². The molecule has 120 valence electrons. The first-order valence-corrected chi connectivity index (χ1v) is 9.75. The first kappa shape index (κ1) is 17.0. The summed E-state index contributed by atoms with van der Waals surface area (Å²) in [7, 11) is 0. The van der Waals surface area contributed by atoms with Crippen molar-refractivity contribution in [2.75, 3.05) is 6.54 Å². The van der Waals surface area contributed by atoms with E-state index in [-0.39, 0.29) is 0 Å². The van der Waals surface area contributed by atoms with Gasteiger partial charge in [-0.05, 0) is 44.6 Å². The molecule has 0 amide bonds. The Balaban J connectivity index is 1.90. The van der Waals surface area contributed by atoms with Crippen molar-refractivity contribution < 1.29 is 0 Å². The standard InChI is InChI=1S/C18H32N2S/c1-4-6-15-7-9-16(10-8-15)18(19-11-5-2)12-17-13-21-14(3)20-17/h13,15-16,18-19H,4-12H2,1-3H3. The van der Waals surface area contributed by atoms with Gasteiger partial charge in [0.2, 0.25) is 0 Å². The van der Waals surface area contributed by atoms with Gasteiger partial charge in [0.1, 0.15) is 0 Å². The van der Waals surface area contributed by atoms with Gasteiger partial charge in [-0.25, -0.2) is 4.98 Å². The molecular weight excluding hydrogens is 276 g/mol. The Hall–Kier alpha value is -0.410. The number of rotatable bonds is 8. The summed E-state index contributed by atoms with van der Waals surface area (Å²) in [4.78, 5) is 4.68. The van der Waals surface area contributed by atoms with Crippen LogP contribution in [0.25, 0.3) is 0 Å². The van der Waals surface area contributed by atoms with E-state index in [1.54, 1.807) is 11.3 Å². The Morgan fingerprint density at radius 3 is 2.57 bits per heavy atom. The maximum absolute atomic E-state index is 4.68. The Bertz CT molecular complexity index is 394. The van der Waals surface area contributed by atoms with E-state index in [1.165, 1.54) is 55.6 Å². The van der Waals surface area contributed by atoms with Gasteiger partial charge in [0, 0.05) is 17.8 Å². The third-order valence-corrected chi connectivity index (χ3v) is 5.73. The lowest BCUT2D eigenvalue weighted by atomic mass is 9.76. The summed E-state index contributed by atoms with van der Waals surface area (Å²) in [6, 6.07) is 0.633. The predicted molar refractivity (Wildman–Crippen MR) is 93.0 cm³/mol. The number of hydrogen-bond acceptors (Lipinski definition) is 3. The van der Waals surface area contributed by atoms with E-state index in [9.17, 15) is 0 Å². The lowest BCUT2D eigenvalue weighted by Crippen LogP contribution is -2.40. The molecule has 21 heavy (non-hydrogen) atoms. The predicted octanol–water partition coefficient (Wildman–Crippen LogP) is 4.97. The fourth-order valence-corrected chi connectivity index (χ4v) is 4.38. The van der Waals surface area contributed by atoms with Gasteiger partial charge in [-0.3, -0.25) is 0 Å². The number of hydrogen-bond donors (Lipinski definition) is 1. The average Bonchev–Trinajstić information content (AvgIpc) is 2.90. The molecule has 1 fully saturated rings. The quantitative estimate of drug-likeness (QED) is 0.733. The Morgan fingerprint density at radius 1 is 1.24 bits per heavy atom. The second-order valence-electron chi connectivity index (χ2n) is 6.69. The molecule has 0 bridgehead atoms. The van der Waals surface area contributed by atoms with E-state index >= 15 is 0 Å². The van der Waals surface area contributed by atoms with Crippen molar-refractivity contribution in [1.29, 1.82) is 0 Å². The number of nitrogens with one attached hydrogen (secondary N) is 1. The lowest BCUT2D eigenvalue weighted by molar-refractivity contribution is 0.212. The highest BCUT2D eigenvalue weighted by Gasteiger charge is 2.27. The van der Waals surface area contributed by atoms with Crippen molar-refractivity contribution in [3.8, 4) is 0 Å². The van der Waals surface area contributed by atoms with Crippen LogP contribution in [0, 0.1) is 18.8 Å². The number of nitrogens with zero attached hydrogens (tertiary/aromatic N) is 1. The highest BCUT2D eigenvalue weighted by Crippen LogP contribution is 2.34. The van der Waals surface area contributed by atoms with Crippen LogP contribution in [0.3, 0.4) is 0 Å². The summed E-state index contributed by atoms with van der Waals surface area (Å²) < 4.78 is 0. The van der Waals surface area contributed by atoms with E-state index < -0.39 is 0 Å².